The van der Waals surface area contributed by atoms with Crippen LogP contribution in [0.2, 0.25) is 0 Å². The van der Waals surface area contributed by atoms with Gasteiger partial charge >= 0.3 is 0 Å². The number of carbonyl (C=O) groups is 1. The molecule has 6 nitrogen and oxygen atoms in total. The van der Waals surface area contributed by atoms with Crippen molar-refractivity contribution in [3.63, 3.8) is 0 Å². The van der Waals surface area contributed by atoms with Crippen molar-refractivity contribution in [2.45, 2.75) is 12.8 Å². The molecule has 0 aliphatic heterocycles. The highest BCUT2D eigenvalue weighted by molar-refractivity contribution is 5.78. The van der Waals surface area contributed by atoms with Crippen molar-refractivity contribution in [1.29, 1.82) is 0 Å². The highest BCUT2D eigenvalue weighted by Crippen LogP contribution is 2.28. The number of hydrogen-bond donors (Lipinski definition) is 2. The molecule has 2 N–H and O–H groups in total. The summed E-state index contributed by atoms with van der Waals surface area (Å²) in [4.78, 5) is 12.1. The highest BCUT2D eigenvalue weighted by atomic mass is 16.5. The van der Waals surface area contributed by atoms with Gasteiger partial charge in [-0.1, -0.05) is 12.1 Å². The summed E-state index contributed by atoms with van der Waals surface area (Å²) in [6, 6.07) is 10.6. The first-order valence-electron chi connectivity index (χ1n) is 7.91. The van der Waals surface area contributed by atoms with E-state index < -0.39 is 0 Å². The Morgan fingerprint density at radius 2 is 1.56 bits per heavy atom. The molecule has 0 aromatic heterocycles. The van der Waals surface area contributed by atoms with Gasteiger partial charge in [0.1, 0.15) is 0 Å². The zero-order valence-electron chi connectivity index (χ0n) is 14.7. The minimum absolute atomic E-state index is 0.0713. The fraction of sp³-hybridized carbons (Fsp3) is 0.316. The second kappa shape index (κ2) is 8.82. The van der Waals surface area contributed by atoms with Gasteiger partial charge in [-0.25, -0.2) is 0 Å². The molecule has 134 valence electrons. The Morgan fingerprint density at radius 3 is 2.24 bits per heavy atom. The molecule has 6 heteroatoms. The van der Waals surface area contributed by atoms with E-state index in [1.54, 1.807) is 44.6 Å². The van der Waals surface area contributed by atoms with Crippen molar-refractivity contribution in [1.82, 2.24) is 5.32 Å². The molecular weight excluding hydrogens is 322 g/mol. The third-order valence-corrected chi connectivity index (χ3v) is 3.79. The molecular formula is C19H23NO5. The molecule has 0 fully saturated rings. The summed E-state index contributed by atoms with van der Waals surface area (Å²) in [5.41, 5.74) is 1.82. The first kappa shape index (κ1) is 18.4. The van der Waals surface area contributed by atoms with E-state index in [9.17, 15) is 9.90 Å². The van der Waals surface area contributed by atoms with Crippen LogP contribution in [0.5, 0.6) is 23.0 Å². The number of benzene rings is 2. The Kier molecular flexibility index (Phi) is 6.51. The van der Waals surface area contributed by atoms with E-state index in [2.05, 4.69) is 5.32 Å². The molecule has 0 saturated heterocycles. The number of ether oxygens (including phenoxy) is 3. The molecule has 0 unspecified atom stereocenters. The lowest BCUT2D eigenvalue weighted by Gasteiger charge is -2.10. The van der Waals surface area contributed by atoms with Gasteiger partial charge < -0.3 is 24.6 Å². The smallest absolute Gasteiger partial charge is 0.224 e. The Balaban J connectivity index is 1.86. The van der Waals surface area contributed by atoms with Crippen LogP contribution in [-0.2, 0) is 17.6 Å². The normalized spacial score (nSPS) is 10.2. The summed E-state index contributed by atoms with van der Waals surface area (Å²) in [5.74, 6) is 1.69. The summed E-state index contributed by atoms with van der Waals surface area (Å²) in [6.45, 7) is 0.500. The number of aromatic hydroxyl groups is 1. The number of amides is 1. The number of hydrogen-bond acceptors (Lipinski definition) is 5. The predicted octanol–water partition coefficient (Wildman–Crippen LogP) is 2.32. The summed E-state index contributed by atoms with van der Waals surface area (Å²) < 4.78 is 15.5. The van der Waals surface area contributed by atoms with E-state index >= 15 is 0 Å². The standard InChI is InChI=1S/C19H23NO5/c1-23-16-7-5-14(11-18(16)25-3)12-19(22)20-9-8-13-4-6-15(21)17(10-13)24-2/h4-7,10-11,21H,8-9,12H2,1-3H3,(H,20,22). The largest absolute Gasteiger partial charge is 0.504 e. The van der Waals surface area contributed by atoms with Crippen LogP contribution in [-0.4, -0.2) is 38.9 Å². The lowest BCUT2D eigenvalue weighted by molar-refractivity contribution is -0.120. The zero-order valence-corrected chi connectivity index (χ0v) is 14.7. The van der Waals surface area contributed by atoms with E-state index in [0.717, 1.165) is 11.1 Å². The summed E-state index contributed by atoms with van der Waals surface area (Å²) >= 11 is 0. The van der Waals surface area contributed by atoms with E-state index in [1.807, 2.05) is 6.07 Å². The molecule has 0 atom stereocenters. The molecule has 0 bridgehead atoms. The van der Waals surface area contributed by atoms with E-state index in [4.69, 9.17) is 14.2 Å². The maximum Gasteiger partial charge on any atom is 0.224 e. The van der Waals surface area contributed by atoms with Crippen LogP contribution >= 0.6 is 0 Å². The number of phenols is 1. The Hall–Kier alpha value is -2.89. The average molecular weight is 345 g/mol. The van der Waals surface area contributed by atoms with E-state index in [1.165, 1.54) is 7.11 Å². The molecule has 0 aliphatic rings. The van der Waals surface area contributed by atoms with Gasteiger partial charge in [-0.05, 0) is 41.8 Å². The van der Waals surface area contributed by atoms with Gasteiger partial charge in [0.05, 0.1) is 27.8 Å². The Bertz CT molecular complexity index is 730. The second-order valence-electron chi connectivity index (χ2n) is 5.47. The molecule has 0 saturated carbocycles. The van der Waals surface area contributed by atoms with Crippen LogP contribution in [0.3, 0.4) is 0 Å². The second-order valence-corrected chi connectivity index (χ2v) is 5.47. The van der Waals surface area contributed by atoms with Gasteiger partial charge in [0.25, 0.3) is 0 Å². The van der Waals surface area contributed by atoms with Gasteiger partial charge in [-0.2, -0.15) is 0 Å². The summed E-state index contributed by atoms with van der Waals surface area (Å²) in [6.07, 6.45) is 0.910. The first-order valence-corrected chi connectivity index (χ1v) is 7.91. The summed E-state index contributed by atoms with van der Waals surface area (Å²) in [7, 11) is 4.64. The summed E-state index contributed by atoms with van der Waals surface area (Å²) in [5, 5.41) is 12.5. The van der Waals surface area contributed by atoms with Gasteiger partial charge in [0, 0.05) is 6.54 Å². The van der Waals surface area contributed by atoms with Gasteiger partial charge in [-0.15, -0.1) is 0 Å². The Morgan fingerprint density at radius 1 is 0.920 bits per heavy atom. The van der Waals surface area contributed by atoms with E-state index in [0.29, 0.717) is 30.2 Å². The van der Waals surface area contributed by atoms with Crippen LogP contribution in [0.4, 0.5) is 0 Å². The van der Waals surface area contributed by atoms with Crippen LogP contribution in [0.25, 0.3) is 0 Å². The minimum atomic E-state index is -0.0713. The van der Waals surface area contributed by atoms with Crippen LogP contribution in [0, 0.1) is 0 Å². The third-order valence-electron chi connectivity index (χ3n) is 3.79. The van der Waals surface area contributed by atoms with Crippen molar-refractivity contribution in [2.24, 2.45) is 0 Å². The number of carbonyl (C=O) groups excluding carboxylic acids is 1. The first-order chi connectivity index (χ1) is 12.1. The van der Waals surface area contributed by atoms with Crippen molar-refractivity contribution in [3.05, 3.63) is 47.5 Å². The van der Waals surface area contributed by atoms with E-state index in [-0.39, 0.29) is 18.1 Å². The molecule has 2 aromatic rings. The monoisotopic (exact) mass is 345 g/mol. The third kappa shape index (κ3) is 5.04. The number of rotatable bonds is 8. The van der Waals surface area contributed by atoms with Crippen molar-refractivity contribution in [3.8, 4) is 23.0 Å². The number of nitrogens with one attached hydrogen (secondary N) is 1. The van der Waals surface area contributed by atoms with Gasteiger partial charge in [0.2, 0.25) is 5.91 Å². The minimum Gasteiger partial charge on any atom is -0.504 e. The predicted molar refractivity (Wildman–Crippen MR) is 94.6 cm³/mol. The molecule has 0 heterocycles. The van der Waals surface area contributed by atoms with Crippen molar-refractivity contribution < 1.29 is 24.1 Å². The fourth-order valence-electron chi connectivity index (χ4n) is 2.46. The SMILES string of the molecule is COc1cc(CCNC(=O)Cc2ccc(OC)c(OC)c2)ccc1O. The molecule has 0 aliphatic carbocycles. The van der Waals surface area contributed by atoms with Crippen LogP contribution < -0.4 is 19.5 Å². The molecule has 0 spiro atoms. The average Bonchev–Trinajstić information content (AvgIpc) is 2.62. The maximum atomic E-state index is 12.1. The fourth-order valence-corrected chi connectivity index (χ4v) is 2.46. The molecule has 2 aromatic carbocycles. The lowest BCUT2D eigenvalue weighted by atomic mass is 10.1. The van der Waals surface area contributed by atoms with Gasteiger partial charge in [0.15, 0.2) is 23.0 Å². The Labute approximate surface area is 147 Å². The molecule has 2 rings (SSSR count). The number of methoxy groups -OCH3 is 3. The van der Waals surface area contributed by atoms with Crippen LogP contribution in [0.1, 0.15) is 11.1 Å². The molecule has 1 amide bonds. The quantitative estimate of drug-likeness (QED) is 0.768. The lowest BCUT2D eigenvalue weighted by Crippen LogP contribution is -2.27. The van der Waals surface area contributed by atoms with Gasteiger partial charge in [-0.3, -0.25) is 4.79 Å². The number of phenolic OH excluding ortho intramolecular Hbond substituents is 1. The van der Waals surface area contributed by atoms with Crippen LogP contribution in [0.15, 0.2) is 36.4 Å². The molecule has 25 heavy (non-hydrogen) atoms. The van der Waals surface area contributed by atoms with Crippen molar-refractivity contribution >= 4 is 5.91 Å². The molecule has 0 radical (unpaired) electrons. The zero-order chi connectivity index (χ0) is 18.2. The highest BCUT2D eigenvalue weighted by Gasteiger charge is 2.08. The van der Waals surface area contributed by atoms with Crippen molar-refractivity contribution in [2.75, 3.05) is 27.9 Å². The maximum absolute atomic E-state index is 12.1. The topological polar surface area (TPSA) is 77.0 Å².